The Labute approximate surface area is 154 Å². The number of aromatic nitrogens is 3. The monoisotopic (exact) mass is 353 g/mol. The Kier molecular flexibility index (Phi) is 4.53. The molecule has 3 heterocycles. The average Bonchev–Trinajstić information content (AvgIpc) is 3.02. The van der Waals surface area contributed by atoms with E-state index in [1.807, 2.05) is 16.5 Å². The van der Waals surface area contributed by atoms with Crippen LogP contribution >= 0.6 is 0 Å². The normalized spacial score (nSPS) is 18.8. The van der Waals surface area contributed by atoms with Gasteiger partial charge in [0.2, 0.25) is 0 Å². The van der Waals surface area contributed by atoms with Gasteiger partial charge in [-0.2, -0.15) is 0 Å². The number of hydrogen-bond donors (Lipinski definition) is 0. The summed E-state index contributed by atoms with van der Waals surface area (Å²) < 4.78 is 1.85. The molecule has 1 fully saturated rings. The van der Waals surface area contributed by atoms with E-state index in [9.17, 15) is 4.79 Å². The third kappa shape index (κ3) is 3.03. The number of rotatable bonds is 2. The van der Waals surface area contributed by atoms with Gasteiger partial charge in [0.1, 0.15) is 0 Å². The van der Waals surface area contributed by atoms with Crippen LogP contribution in [0.3, 0.4) is 0 Å². The molecule has 0 N–H and O–H groups in total. The summed E-state index contributed by atoms with van der Waals surface area (Å²) in [6.07, 6.45) is 3.13. The van der Waals surface area contributed by atoms with Crippen LogP contribution in [0.4, 0.5) is 0 Å². The first-order valence-corrected chi connectivity index (χ1v) is 9.56. The largest absolute Gasteiger partial charge is 0.337 e. The fraction of sp³-hybridized carbons (Fsp3) is 0.550. The van der Waals surface area contributed by atoms with Crippen molar-refractivity contribution in [1.29, 1.82) is 0 Å². The van der Waals surface area contributed by atoms with E-state index in [1.165, 1.54) is 11.1 Å². The highest BCUT2D eigenvalue weighted by atomic mass is 16.2. The van der Waals surface area contributed by atoms with E-state index in [2.05, 4.69) is 47.4 Å². The summed E-state index contributed by atoms with van der Waals surface area (Å²) in [6, 6.07) is 6.34. The SMILES string of the molecule is Cc1c(C(=O)N2CCC(C)CC2)nnn1-c1cccc2c1CCN(C)C2. The van der Waals surface area contributed by atoms with Crippen LogP contribution in [-0.2, 0) is 13.0 Å². The first-order chi connectivity index (χ1) is 12.5. The van der Waals surface area contributed by atoms with E-state index < -0.39 is 0 Å². The van der Waals surface area contributed by atoms with Gasteiger partial charge < -0.3 is 9.80 Å². The second-order valence-corrected chi connectivity index (χ2v) is 7.81. The molecule has 0 saturated carbocycles. The average molecular weight is 353 g/mol. The highest BCUT2D eigenvalue weighted by Gasteiger charge is 2.27. The van der Waals surface area contributed by atoms with Crippen LogP contribution in [-0.4, -0.2) is 57.4 Å². The molecule has 0 spiro atoms. The fourth-order valence-electron chi connectivity index (χ4n) is 4.05. The van der Waals surface area contributed by atoms with Crippen LogP contribution in [0, 0.1) is 12.8 Å². The van der Waals surface area contributed by atoms with Crippen molar-refractivity contribution in [2.45, 2.75) is 39.7 Å². The van der Waals surface area contributed by atoms with Gasteiger partial charge in [0, 0.05) is 26.2 Å². The van der Waals surface area contributed by atoms with E-state index in [1.54, 1.807) is 0 Å². The molecule has 2 aliphatic rings. The number of piperidine rings is 1. The van der Waals surface area contributed by atoms with Gasteiger partial charge in [-0.1, -0.05) is 24.3 Å². The van der Waals surface area contributed by atoms with E-state index in [0.717, 1.165) is 56.8 Å². The number of benzene rings is 1. The molecule has 6 heteroatoms. The maximum atomic E-state index is 12.9. The van der Waals surface area contributed by atoms with Crippen molar-refractivity contribution in [2.24, 2.45) is 5.92 Å². The number of likely N-dealkylation sites (N-methyl/N-ethyl adjacent to an activating group) is 1. The Balaban J connectivity index is 1.64. The Morgan fingerprint density at radius 1 is 1.19 bits per heavy atom. The van der Waals surface area contributed by atoms with Gasteiger partial charge in [-0.3, -0.25) is 4.79 Å². The Morgan fingerprint density at radius 3 is 2.73 bits per heavy atom. The van der Waals surface area contributed by atoms with Crippen LogP contribution in [0.1, 0.15) is 47.1 Å². The van der Waals surface area contributed by atoms with Crippen molar-refractivity contribution < 1.29 is 4.79 Å². The van der Waals surface area contributed by atoms with Crippen LogP contribution in [0.5, 0.6) is 0 Å². The summed E-state index contributed by atoms with van der Waals surface area (Å²) in [5.41, 5.74) is 5.05. The number of hydrogen-bond acceptors (Lipinski definition) is 4. The molecular weight excluding hydrogens is 326 g/mol. The van der Waals surface area contributed by atoms with Crippen molar-refractivity contribution in [3.8, 4) is 5.69 Å². The number of likely N-dealkylation sites (tertiary alicyclic amines) is 1. The predicted molar refractivity (Wildman–Crippen MR) is 100 cm³/mol. The fourth-order valence-corrected chi connectivity index (χ4v) is 4.05. The van der Waals surface area contributed by atoms with Crippen molar-refractivity contribution >= 4 is 5.91 Å². The lowest BCUT2D eigenvalue weighted by atomic mass is 9.98. The van der Waals surface area contributed by atoms with Crippen LogP contribution in [0.25, 0.3) is 5.69 Å². The zero-order chi connectivity index (χ0) is 18.3. The smallest absolute Gasteiger partial charge is 0.276 e. The molecule has 138 valence electrons. The number of amides is 1. The zero-order valence-electron chi connectivity index (χ0n) is 15.9. The molecule has 0 atom stereocenters. The van der Waals surface area contributed by atoms with Crippen molar-refractivity contribution in [3.05, 3.63) is 40.7 Å². The highest BCUT2D eigenvalue weighted by Crippen LogP contribution is 2.26. The standard InChI is InChI=1S/C20H27N5O/c1-14-7-11-24(12-8-14)20(26)19-15(2)25(22-21-19)18-6-4-5-16-13-23(3)10-9-17(16)18/h4-6,14H,7-13H2,1-3H3. The molecule has 4 rings (SSSR count). The van der Waals surface area contributed by atoms with Crippen LogP contribution < -0.4 is 0 Å². The lowest BCUT2D eigenvalue weighted by molar-refractivity contribution is 0.0690. The summed E-state index contributed by atoms with van der Waals surface area (Å²) in [5, 5.41) is 8.61. The molecule has 6 nitrogen and oxygen atoms in total. The number of fused-ring (bicyclic) bond motifs is 1. The molecule has 0 unspecified atom stereocenters. The third-order valence-electron chi connectivity index (χ3n) is 5.83. The lowest BCUT2D eigenvalue weighted by Gasteiger charge is -2.29. The Bertz CT molecular complexity index is 820. The first kappa shape index (κ1) is 17.2. The molecule has 0 radical (unpaired) electrons. The highest BCUT2D eigenvalue weighted by molar-refractivity contribution is 5.93. The minimum Gasteiger partial charge on any atom is -0.337 e. The van der Waals surface area contributed by atoms with Gasteiger partial charge in [-0.15, -0.1) is 5.10 Å². The maximum Gasteiger partial charge on any atom is 0.276 e. The molecule has 1 amide bonds. The summed E-state index contributed by atoms with van der Waals surface area (Å²) in [7, 11) is 2.15. The van der Waals surface area contributed by atoms with Gasteiger partial charge in [0.05, 0.1) is 11.4 Å². The molecule has 26 heavy (non-hydrogen) atoms. The second kappa shape index (κ2) is 6.83. The summed E-state index contributed by atoms with van der Waals surface area (Å²) in [5.74, 6) is 0.718. The summed E-state index contributed by atoms with van der Waals surface area (Å²) >= 11 is 0. The lowest BCUT2D eigenvalue weighted by Crippen LogP contribution is -2.38. The van der Waals surface area contributed by atoms with E-state index in [4.69, 9.17) is 0 Å². The number of carbonyl (C=O) groups is 1. The molecule has 1 aromatic heterocycles. The molecule has 2 aliphatic heterocycles. The van der Waals surface area contributed by atoms with E-state index >= 15 is 0 Å². The van der Waals surface area contributed by atoms with Crippen molar-refractivity contribution in [1.82, 2.24) is 24.8 Å². The number of carbonyl (C=O) groups excluding carboxylic acids is 1. The number of nitrogens with zero attached hydrogens (tertiary/aromatic N) is 5. The summed E-state index contributed by atoms with van der Waals surface area (Å²) in [6.45, 7) is 7.83. The van der Waals surface area contributed by atoms with Gasteiger partial charge in [-0.05, 0) is 56.3 Å². The first-order valence-electron chi connectivity index (χ1n) is 9.56. The molecule has 0 aliphatic carbocycles. The quantitative estimate of drug-likeness (QED) is 0.832. The van der Waals surface area contributed by atoms with Crippen molar-refractivity contribution in [2.75, 3.05) is 26.7 Å². The van der Waals surface area contributed by atoms with E-state index in [-0.39, 0.29) is 5.91 Å². The van der Waals surface area contributed by atoms with Gasteiger partial charge in [-0.25, -0.2) is 4.68 Å². The third-order valence-corrected chi connectivity index (χ3v) is 5.83. The minimum atomic E-state index is 0.0187. The maximum absolute atomic E-state index is 12.9. The van der Waals surface area contributed by atoms with Crippen LogP contribution in [0.2, 0.25) is 0 Å². The molecule has 1 saturated heterocycles. The van der Waals surface area contributed by atoms with Crippen molar-refractivity contribution in [3.63, 3.8) is 0 Å². The van der Waals surface area contributed by atoms with Crippen LogP contribution in [0.15, 0.2) is 18.2 Å². The van der Waals surface area contributed by atoms with Gasteiger partial charge in [0.15, 0.2) is 5.69 Å². The van der Waals surface area contributed by atoms with Gasteiger partial charge in [0.25, 0.3) is 5.91 Å². The predicted octanol–water partition coefficient (Wildman–Crippen LogP) is 2.44. The second-order valence-electron chi connectivity index (χ2n) is 7.81. The molecule has 1 aromatic carbocycles. The Morgan fingerprint density at radius 2 is 1.96 bits per heavy atom. The van der Waals surface area contributed by atoms with E-state index in [0.29, 0.717) is 11.6 Å². The topological polar surface area (TPSA) is 54.3 Å². The van der Waals surface area contributed by atoms with Gasteiger partial charge >= 0.3 is 0 Å². The Hall–Kier alpha value is -2.21. The molecule has 2 aromatic rings. The summed E-state index contributed by atoms with van der Waals surface area (Å²) in [4.78, 5) is 17.2. The zero-order valence-corrected chi connectivity index (χ0v) is 15.9. The molecule has 0 bridgehead atoms. The molecular formula is C20H27N5O. The minimum absolute atomic E-state index is 0.0187.